The van der Waals surface area contributed by atoms with Crippen molar-refractivity contribution in [2.45, 2.75) is 13.3 Å². The van der Waals surface area contributed by atoms with Crippen molar-refractivity contribution in [1.82, 2.24) is 4.98 Å². The lowest BCUT2D eigenvalue weighted by atomic mass is 10.1. The third-order valence-electron chi connectivity index (χ3n) is 2.78. The Hall–Kier alpha value is -2.69. The average molecular weight is 284 g/mol. The summed E-state index contributed by atoms with van der Waals surface area (Å²) in [5, 5.41) is 3.83. The number of hydrogen-bond acceptors (Lipinski definition) is 5. The van der Waals surface area contributed by atoms with Crippen LogP contribution in [0.4, 0.5) is 0 Å². The van der Waals surface area contributed by atoms with Gasteiger partial charge in [0.05, 0.1) is 12.8 Å². The second kappa shape index (κ2) is 7.19. The summed E-state index contributed by atoms with van der Waals surface area (Å²) in [6, 6.07) is 12.7. The summed E-state index contributed by atoms with van der Waals surface area (Å²) in [5.41, 5.74) is 1.99. The van der Waals surface area contributed by atoms with Crippen molar-refractivity contribution in [3.05, 3.63) is 59.9 Å². The maximum absolute atomic E-state index is 11.7. The van der Waals surface area contributed by atoms with Crippen LogP contribution in [0.15, 0.2) is 53.8 Å². The van der Waals surface area contributed by atoms with E-state index in [1.165, 1.54) is 6.20 Å². The number of hydrogen-bond donors (Lipinski definition) is 0. The van der Waals surface area contributed by atoms with Crippen molar-refractivity contribution in [1.29, 1.82) is 0 Å². The number of rotatable bonds is 5. The van der Waals surface area contributed by atoms with Crippen LogP contribution in [0, 0.1) is 0 Å². The van der Waals surface area contributed by atoms with Gasteiger partial charge in [-0.25, -0.2) is 9.78 Å². The maximum atomic E-state index is 11.7. The molecule has 0 aliphatic heterocycles. The lowest BCUT2D eigenvalue weighted by Crippen LogP contribution is -2.06. The third-order valence-corrected chi connectivity index (χ3v) is 2.78. The molecule has 0 atom stereocenters. The normalized spacial score (nSPS) is 11.0. The quantitative estimate of drug-likeness (QED) is 0.481. The van der Waals surface area contributed by atoms with E-state index >= 15 is 0 Å². The maximum Gasteiger partial charge on any atom is 0.383 e. The van der Waals surface area contributed by atoms with Gasteiger partial charge in [-0.3, -0.25) is 0 Å². The van der Waals surface area contributed by atoms with E-state index in [1.54, 1.807) is 32.2 Å². The molecule has 0 bridgehead atoms. The minimum atomic E-state index is -0.565. The van der Waals surface area contributed by atoms with Crippen LogP contribution in [-0.4, -0.2) is 23.8 Å². The van der Waals surface area contributed by atoms with Gasteiger partial charge in [-0.2, -0.15) is 0 Å². The number of benzene rings is 1. The molecule has 0 N–H and O–H groups in total. The number of nitrogens with zero attached hydrogens (tertiary/aromatic N) is 2. The van der Waals surface area contributed by atoms with E-state index in [-0.39, 0.29) is 5.69 Å². The van der Waals surface area contributed by atoms with Crippen LogP contribution < -0.4 is 4.74 Å². The fourth-order valence-electron chi connectivity index (χ4n) is 1.72. The first kappa shape index (κ1) is 14.7. The molecule has 5 nitrogen and oxygen atoms in total. The van der Waals surface area contributed by atoms with Gasteiger partial charge in [0.25, 0.3) is 0 Å². The number of carbonyl (C=O) groups is 1. The molecule has 0 fully saturated rings. The second-order valence-electron chi connectivity index (χ2n) is 4.45. The smallest absolute Gasteiger partial charge is 0.383 e. The van der Waals surface area contributed by atoms with E-state index in [0.29, 0.717) is 12.1 Å². The fourth-order valence-corrected chi connectivity index (χ4v) is 1.72. The van der Waals surface area contributed by atoms with E-state index in [0.717, 1.165) is 11.3 Å². The number of pyridine rings is 1. The minimum Gasteiger partial charge on any atom is -0.497 e. The summed E-state index contributed by atoms with van der Waals surface area (Å²) in [7, 11) is 1.62. The third kappa shape index (κ3) is 4.42. The Kier molecular flexibility index (Phi) is 5.04. The summed E-state index contributed by atoms with van der Waals surface area (Å²) < 4.78 is 5.10. The zero-order valence-electron chi connectivity index (χ0n) is 11.9. The van der Waals surface area contributed by atoms with Crippen LogP contribution in [0.3, 0.4) is 0 Å². The second-order valence-corrected chi connectivity index (χ2v) is 4.45. The van der Waals surface area contributed by atoms with Gasteiger partial charge in [0.2, 0.25) is 0 Å². The van der Waals surface area contributed by atoms with Crippen LogP contribution in [0.1, 0.15) is 23.0 Å². The van der Waals surface area contributed by atoms with Crippen molar-refractivity contribution < 1.29 is 14.4 Å². The molecule has 0 aliphatic rings. The zero-order chi connectivity index (χ0) is 15.1. The molecule has 0 spiro atoms. The molecule has 2 aromatic rings. The van der Waals surface area contributed by atoms with Gasteiger partial charge < -0.3 is 9.57 Å². The van der Waals surface area contributed by atoms with Gasteiger partial charge in [0.15, 0.2) is 5.69 Å². The van der Waals surface area contributed by atoms with Crippen LogP contribution >= 0.6 is 0 Å². The highest BCUT2D eigenvalue weighted by atomic mass is 16.7. The largest absolute Gasteiger partial charge is 0.497 e. The summed E-state index contributed by atoms with van der Waals surface area (Å²) >= 11 is 0. The Morgan fingerprint density at radius 2 is 1.95 bits per heavy atom. The molecule has 21 heavy (non-hydrogen) atoms. The summed E-state index contributed by atoms with van der Waals surface area (Å²) in [5.74, 6) is 0.236. The molecule has 108 valence electrons. The van der Waals surface area contributed by atoms with Gasteiger partial charge in [-0.1, -0.05) is 23.4 Å². The molecule has 2 rings (SSSR count). The monoisotopic (exact) mass is 284 g/mol. The molecule has 5 heteroatoms. The first-order valence-corrected chi connectivity index (χ1v) is 6.48. The molecule has 0 unspecified atom stereocenters. The molecule has 1 aromatic carbocycles. The van der Waals surface area contributed by atoms with Crippen molar-refractivity contribution in [3.8, 4) is 5.75 Å². The van der Waals surface area contributed by atoms with Crippen molar-refractivity contribution in [2.75, 3.05) is 7.11 Å². The topological polar surface area (TPSA) is 60.8 Å². The molecule has 0 radical (unpaired) electrons. The summed E-state index contributed by atoms with van der Waals surface area (Å²) in [6.45, 7) is 1.80. The molecular formula is C16H16N2O3. The Morgan fingerprint density at radius 3 is 2.57 bits per heavy atom. The lowest BCUT2D eigenvalue weighted by Gasteiger charge is -2.03. The summed E-state index contributed by atoms with van der Waals surface area (Å²) in [6.07, 6.45) is 2.13. The van der Waals surface area contributed by atoms with E-state index in [9.17, 15) is 4.79 Å². The standard InChI is InChI=1S/C16H16N2O3/c1-12(11-13-6-8-14(20-2)9-7-13)18-21-16(19)15-5-3-4-10-17-15/h3-10H,11H2,1-2H3/b18-12+. The number of oxime groups is 1. The average Bonchev–Trinajstić information content (AvgIpc) is 2.54. The minimum absolute atomic E-state index is 0.235. The number of ether oxygens (including phenoxy) is 1. The van der Waals surface area contributed by atoms with Gasteiger partial charge in [-0.15, -0.1) is 0 Å². The van der Waals surface area contributed by atoms with Crippen LogP contribution in [0.2, 0.25) is 0 Å². The fraction of sp³-hybridized carbons (Fsp3) is 0.188. The molecule has 0 saturated heterocycles. The van der Waals surface area contributed by atoms with E-state index in [1.807, 2.05) is 24.3 Å². The molecular weight excluding hydrogens is 268 g/mol. The van der Waals surface area contributed by atoms with Crippen LogP contribution in [0.5, 0.6) is 5.75 Å². The Labute approximate surface area is 123 Å². The summed E-state index contributed by atoms with van der Waals surface area (Å²) in [4.78, 5) is 20.4. The van der Waals surface area contributed by atoms with Crippen molar-refractivity contribution in [3.63, 3.8) is 0 Å². The van der Waals surface area contributed by atoms with E-state index in [2.05, 4.69) is 10.1 Å². The van der Waals surface area contributed by atoms with Gasteiger partial charge >= 0.3 is 5.97 Å². The Morgan fingerprint density at radius 1 is 1.19 bits per heavy atom. The SMILES string of the molecule is COc1ccc(C/C(C)=N/OC(=O)c2ccccn2)cc1. The first-order valence-electron chi connectivity index (χ1n) is 6.48. The lowest BCUT2D eigenvalue weighted by molar-refractivity contribution is 0.0508. The van der Waals surface area contributed by atoms with Crippen molar-refractivity contribution in [2.24, 2.45) is 5.16 Å². The first-order chi connectivity index (χ1) is 10.2. The molecule has 0 amide bonds. The Bertz CT molecular complexity index is 622. The van der Waals surface area contributed by atoms with Gasteiger partial charge in [-0.05, 0) is 36.8 Å². The highest BCUT2D eigenvalue weighted by molar-refractivity contribution is 5.89. The van der Waals surface area contributed by atoms with Crippen molar-refractivity contribution >= 4 is 11.7 Å². The van der Waals surface area contributed by atoms with Gasteiger partial charge in [0, 0.05) is 12.6 Å². The predicted octanol–water partition coefficient (Wildman–Crippen LogP) is 2.87. The molecule has 1 aromatic heterocycles. The Balaban J connectivity index is 1.93. The number of methoxy groups -OCH3 is 1. The van der Waals surface area contributed by atoms with Crippen LogP contribution in [-0.2, 0) is 11.3 Å². The molecule has 1 heterocycles. The highest BCUT2D eigenvalue weighted by Crippen LogP contribution is 2.12. The van der Waals surface area contributed by atoms with E-state index < -0.39 is 5.97 Å². The predicted molar refractivity (Wildman–Crippen MR) is 79.5 cm³/mol. The van der Waals surface area contributed by atoms with Crippen LogP contribution in [0.25, 0.3) is 0 Å². The number of carbonyl (C=O) groups excluding carboxylic acids is 1. The zero-order valence-corrected chi connectivity index (χ0v) is 11.9. The van der Waals surface area contributed by atoms with Gasteiger partial charge in [0.1, 0.15) is 5.75 Å². The highest BCUT2D eigenvalue weighted by Gasteiger charge is 2.07. The van der Waals surface area contributed by atoms with E-state index in [4.69, 9.17) is 9.57 Å². The molecule has 0 aliphatic carbocycles. The number of aromatic nitrogens is 1. The molecule has 0 saturated carbocycles.